The fourth-order valence-electron chi connectivity index (χ4n) is 10.7. The predicted molar refractivity (Wildman–Crippen MR) is 289 cm³/mol. The third-order valence-electron chi connectivity index (χ3n) is 13.8. The number of benzene rings is 11. The van der Waals surface area contributed by atoms with Crippen molar-refractivity contribution in [2.24, 2.45) is 0 Å². The van der Waals surface area contributed by atoms with Gasteiger partial charge in [0, 0.05) is 69.7 Å². The molecule has 0 radical (unpaired) electrons. The lowest BCUT2D eigenvalue weighted by Crippen LogP contribution is -2.11. The molecular weight excluding hydrogens is 845 g/mol. The first-order valence-electron chi connectivity index (χ1n) is 23.2. The molecule has 0 spiro atoms. The Labute approximate surface area is 396 Å². The summed E-state index contributed by atoms with van der Waals surface area (Å²) in [6.07, 6.45) is 0. The number of thiophene rings is 1. The highest BCUT2D eigenvalue weighted by Gasteiger charge is 2.22. The van der Waals surface area contributed by atoms with Gasteiger partial charge in [-0.1, -0.05) is 170 Å². The summed E-state index contributed by atoms with van der Waals surface area (Å²) in [6.45, 7) is 0. The minimum Gasteiger partial charge on any atom is -0.455 e. The minimum absolute atomic E-state index is 0.877. The molecule has 0 aliphatic heterocycles. The Bertz CT molecular complexity index is 4210. The average molecular weight is 885 g/mol. The second-order valence-corrected chi connectivity index (χ2v) is 18.6. The lowest BCUT2D eigenvalue weighted by Gasteiger charge is -2.28. The molecule has 68 heavy (non-hydrogen) atoms. The fraction of sp³-hybridized carbons (Fsp3) is 0. The van der Waals surface area contributed by atoms with Gasteiger partial charge >= 0.3 is 0 Å². The van der Waals surface area contributed by atoms with Gasteiger partial charge in [0.25, 0.3) is 0 Å². The Morgan fingerprint density at radius 2 is 0.985 bits per heavy atom. The monoisotopic (exact) mass is 884 g/mol. The lowest BCUT2D eigenvalue weighted by molar-refractivity contribution is 0.673. The van der Waals surface area contributed by atoms with Crippen molar-refractivity contribution in [2.75, 3.05) is 4.90 Å². The van der Waals surface area contributed by atoms with Gasteiger partial charge in [-0.05, 0) is 106 Å². The summed E-state index contributed by atoms with van der Waals surface area (Å²) in [7, 11) is 0. The summed E-state index contributed by atoms with van der Waals surface area (Å²) >= 11 is 1.87. The molecule has 0 unspecified atom stereocenters. The van der Waals surface area contributed by atoms with E-state index in [1.807, 2.05) is 11.3 Å². The van der Waals surface area contributed by atoms with Crippen LogP contribution >= 0.6 is 11.3 Å². The second-order valence-electron chi connectivity index (χ2n) is 17.6. The molecule has 318 valence electrons. The van der Waals surface area contributed by atoms with E-state index in [2.05, 4.69) is 252 Å². The van der Waals surface area contributed by atoms with Gasteiger partial charge in [0.05, 0.1) is 16.7 Å². The molecule has 0 N–H and O–H groups in total. The quantitative estimate of drug-likeness (QED) is 0.159. The number of anilines is 3. The number of fused-ring (bicyclic) bond motifs is 11. The highest BCUT2D eigenvalue weighted by atomic mass is 32.1. The van der Waals surface area contributed by atoms with Gasteiger partial charge < -0.3 is 13.9 Å². The molecule has 3 nitrogen and oxygen atoms in total. The highest BCUT2D eigenvalue weighted by molar-refractivity contribution is 7.26. The number of nitrogens with zero attached hydrogens (tertiary/aromatic N) is 2. The van der Waals surface area contributed by atoms with Crippen LogP contribution in [0.25, 0.3) is 114 Å². The van der Waals surface area contributed by atoms with Gasteiger partial charge in [0.2, 0.25) is 0 Å². The molecule has 0 amide bonds. The first-order chi connectivity index (χ1) is 33.7. The molecule has 14 rings (SSSR count). The molecule has 0 bridgehead atoms. The second kappa shape index (κ2) is 15.5. The van der Waals surface area contributed by atoms with Crippen LogP contribution < -0.4 is 4.90 Å². The summed E-state index contributed by atoms with van der Waals surface area (Å²) in [6, 6.07) is 88.1. The molecule has 3 aromatic heterocycles. The molecule has 4 heteroatoms. The molecule has 0 fully saturated rings. The van der Waals surface area contributed by atoms with Crippen LogP contribution in [0.1, 0.15) is 0 Å². The van der Waals surface area contributed by atoms with Crippen molar-refractivity contribution in [3.05, 3.63) is 243 Å². The number of aromatic nitrogens is 1. The number of hydrogen-bond donors (Lipinski definition) is 0. The van der Waals surface area contributed by atoms with E-state index >= 15 is 0 Å². The third-order valence-corrected chi connectivity index (χ3v) is 15.0. The Morgan fingerprint density at radius 1 is 0.382 bits per heavy atom. The van der Waals surface area contributed by atoms with Crippen LogP contribution in [0.2, 0.25) is 0 Å². The van der Waals surface area contributed by atoms with Crippen molar-refractivity contribution in [1.82, 2.24) is 4.57 Å². The van der Waals surface area contributed by atoms with Crippen LogP contribution in [0.5, 0.6) is 0 Å². The summed E-state index contributed by atoms with van der Waals surface area (Å²) in [5.74, 6) is 0. The third kappa shape index (κ3) is 6.05. The first kappa shape index (κ1) is 38.6. The van der Waals surface area contributed by atoms with E-state index in [1.54, 1.807) is 0 Å². The van der Waals surface area contributed by atoms with E-state index in [0.717, 1.165) is 72.3 Å². The largest absolute Gasteiger partial charge is 0.455 e. The van der Waals surface area contributed by atoms with Gasteiger partial charge in [-0.15, -0.1) is 11.3 Å². The lowest BCUT2D eigenvalue weighted by atomic mass is 9.96. The van der Waals surface area contributed by atoms with Crippen molar-refractivity contribution >= 4 is 103 Å². The predicted octanol–water partition coefficient (Wildman–Crippen LogP) is 18.7. The van der Waals surface area contributed by atoms with Crippen LogP contribution in [0.4, 0.5) is 17.1 Å². The summed E-state index contributed by atoms with van der Waals surface area (Å²) in [4.78, 5) is 2.41. The van der Waals surface area contributed by atoms with Crippen molar-refractivity contribution in [2.45, 2.75) is 0 Å². The molecule has 0 atom stereocenters. The molecular formula is C64H40N2OS. The summed E-state index contributed by atoms with van der Waals surface area (Å²) in [5.41, 5.74) is 15.6. The molecule has 3 heterocycles. The summed E-state index contributed by atoms with van der Waals surface area (Å²) in [5, 5.41) is 9.65. The zero-order valence-corrected chi connectivity index (χ0v) is 37.6. The first-order valence-corrected chi connectivity index (χ1v) is 24.0. The minimum atomic E-state index is 0.877. The average Bonchev–Trinajstić information content (AvgIpc) is 4.10. The Hall–Kier alpha value is -8.70. The molecule has 0 aliphatic carbocycles. The van der Waals surface area contributed by atoms with Crippen LogP contribution in [0, 0.1) is 0 Å². The molecule has 0 aliphatic rings. The van der Waals surface area contributed by atoms with Crippen molar-refractivity contribution in [1.29, 1.82) is 0 Å². The zero-order valence-electron chi connectivity index (χ0n) is 36.8. The van der Waals surface area contributed by atoms with E-state index < -0.39 is 0 Å². The van der Waals surface area contributed by atoms with Gasteiger partial charge in [-0.3, -0.25) is 0 Å². The number of furan rings is 1. The maximum Gasteiger partial charge on any atom is 0.143 e. The zero-order chi connectivity index (χ0) is 44.7. The van der Waals surface area contributed by atoms with Gasteiger partial charge in [-0.2, -0.15) is 0 Å². The van der Waals surface area contributed by atoms with Gasteiger partial charge in [0.1, 0.15) is 11.2 Å². The van der Waals surface area contributed by atoms with Gasteiger partial charge in [0.15, 0.2) is 0 Å². The Kier molecular flexibility index (Phi) is 8.76. The number of hydrogen-bond acceptors (Lipinski definition) is 3. The van der Waals surface area contributed by atoms with Crippen LogP contribution in [0.3, 0.4) is 0 Å². The standard InChI is InChI=1S/C64H40N2OS/c1-2-17-48-42(14-1)34-39-56-62-54(23-13-28-60(62)67-63(48)56)52-20-5-7-25-57(52)65(46-37-32-43(33-38-46)49-22-12-24-55-53-21-6-10-29-61(53)68-64(49)55)45-35-30-41(31-36-45)44-15-11-16-47(40-44)66-58-26-8-3-18-50(58)51-19-4-9-27-59(51)66/h1-40H. The normalized spacial score (nSPS) is 11.8. The molecule has 0 saturated heterocycles. The Balaban J connectivity index is 0.916. The number of para-hydroxylation sites is 3. The molecule has 0 saturated carbocycles. The topological polar surface area (TPSA) is 21.3 Å². The summed E-state index contributed by atoms with van der Waals surface area (Å²) < 4.78 is 11.7. The van der Waals surface area contributed by atoms with Crippen LogP contribution in [-0.4, -0.2) is 4.57 Å². The molecule has 11 aromatic carbocycles. The van der Waals surface area contributed by atoms with Crippen LogP contribution in [-0.2, 0) is 0 Å². The van der Waals surface area contributed by atoms with Gasteiger partial charge in [-0.25, -0.2) is 0 Å². The fourth-order valence-corrected chi connectivity index (χ4v) is 11.9. The maximum atomic E-state index is 6.72. The van der Waals surface area contributed by atoms with Crippen LogP contribution in [0.15, 0.2) is 247 Å². The smallest absolute Gasteiger partial charge is 0.143 e. The number of rotatable bonds is 7. The van der Waals surface area contributed by atoms with Crippen molar-refractivity contribution in [3.63, 3.8) is 0 Å². The van der Waals surface area contributed by atoms with E-state index in [9.17, 15) is 0 Å². The highest BCUT2D eigenvalue weighted by Crippen LogP contribution is 2.47. The van der Waals surface area contributed by atoms with E-state index in [0.29, 0.717) is 0 Å². The van der Waals surface area contributed by atoms with E-state index in [4.69, 9.17) is 4.42 Å². The van der Waals surface area contributed by atoms with Crippen molar-refractivity contribution < 1.29 is 4.42 Å². The maximum absolute atomic E-state index is 6.72. The molecule has 14 aromatic rings. The van der Waals surface area contributed by atoms with E-state index in [1.165, 1.54) is 58.5 Å². The van der Waals surface area contributed by atoms with E-state index in [-0.39, 0.29) is 0 Å². The van der Waals surface area contributed by atoms with Crippen molar-refractivity contribution in [3.8, 4) is 39.1 Å². The Morgan fingerprint density at radius 3 is 1.78 bits per heavy atom. The SMILES string of the molecule is c1cc(-c2ccc(N(c3ccc(-c4cccc5c4sc4ccccc45)cc3)c3ccccc3-c3cccc4oc5c6ccccc6ccc5c34)cc2)cc(-n2c3ccccc3c3ccccc32)c1.